The van der Waals surface area contributed by atoms with E-state index < -0.39 is 4.92 Å². The molecule has 15 heavy (non-hydrogen) atoms. The van der Waals surface area contributed by atoms with Crippen molar-refractivity contribution in [2.24, 2.45) is 5.92 Å². The number of nitro benzene ring substituents is 1. The van der Waals surface area contributed by atoms with Crippen LogP contribution in [0.3, 0.4) is 0 Å². The van der Waals surface area contributed by atoms with Crippen LogP contribution in [0.1, 0.15) is 18.6 Å². The second-order valence-corrected chi connectivity index (χ2v) is 3.59. The first-order chi connectivity index (χ1) is 7.18. The van der Waals surface area contributed by atoms with Gasteiger partial charge in [-0.2, -0.15) is 0 Å². The van der Waals surface area contributed by atoms with E-state index in [2.05, 4.69) is 6.92 Å². The molecule has 0 saturated heterocycles. The van der Waals surface area contributed by atoms with Gasteiger partial charge < -0.3 is 4.74 Å². The molecule has 4 heteroatoms. The van der Waals surface area contributed by atoms with E-state index in [1.165, 1.54) is 12.1 Å². The summed E-state index contributed by atoms with van der Waals surface area (Å²) in [7, 11) is 0. The van der Waals surface area contributed by atoms with Crippen molar-refractivity contribution in [2.75, 3.05) is 0 Å². The fourth-order valence-electron chi connectivity index (χ4n) is 1.65. The maximum Gasteiger partial charge on any atom is 0.269 e. The van der Waals surface area contributed by atoms with Gasteiger partial charge in [-0.3, -0.25) is 10.1 Å². The zero-order valence-electron chi connectivity index (χ0n) is 8.29. The van der Waals surface area contributed by atoms with Crippen LogP contribution in [-0.4, -0.2) is 4.92 Å². The zero-order chi connectivity index (χ0) is 10.8. The van der Waals surface area contributed by atoms with Crippen LogP contribution in [0, 0.1) is 16.0 Å². The highest BCUT2D eigenvalue weighted by molar-refractivity contribution is 5.34. The monoisotopic (exact) mass is 205 g/mol. The minimum absolute atomic E-state index is 0.00851. The Hall–Kier alpha value is -1.84. The van der Waals surface area contributed by atoms with Gasteiger partial charge in [-0.05, 0) is 23.8 Å². The summed E-state index contributed by atoms with van der Waals surface area (Å²) in [4.78, 5) is 10.1. The van der Waals surface area contributed by atoms with E-state index in [-0.39, 0.29) is 11.8 Å². The van der Waals surface area contributed by atoms with Gasteiger partial charge in [-0.15, -0.1) is 0 Å². The van der Waals surface area contributed by atoms with Crippen LogP contribution in [0.15, 0.2) is 36.6 Å². The molecule has 0 unspecified atom stereocenters. The van der Waals surface area contributed by atoms with Gasteiger partial charge in [0.05, 0.1) is 11.2 Å². The summed E-state index contributed by atoms with van der Waals surface area (Å²) < 4.78 is 5.40. The lowest BCUT2D eigenvalue weighted by Crippen LogP contribution is -2.04. The molecule has 78 valence electrons. The van der Waals surface area contributed by atoms with Gasteiger partial charge >= 0.3 is 0 Å². The molecule has 1 aromatic rings. The molecule has 0 aliphatic carbocycles. The molecule has 1 heterocycles. The van der Waals surface area contributed by atoms with Crippen molar-refractivity contribution in [3.63, 3.8) is 0 Å². The number of hydrogen-bond donors (Lipinski definition) is 0. The van der Waals surface area contributed by atoms with Gasteiger partial charge in [-0.25, -0.2) is 0 Å². The van der Waals surface area contributed by atoms with Crippen molar-refractivity contribution in [3.05, 3.63) is 52.3 Å². The minimum Gasteiger partial charge on any atom is -0.493 e. The highest BCUT2D eigenvalue weighted by Gasteiger charge is 2.22. The van der Waals surface area contributed by atoms with Crippen LogP contribution >= 0.6 is 0 Å². The van der Waals surface area contributed by atoms with Crippen LogP contribution in [-0.2, 0) is 4.74 Å². The van der Waals surface area contributed by atoms with Crippen molar-refractivity contribution < 1.29 is 9.66 Å². The van der Waals surface area contributed by atoms with Crippen LogP contribution in [0.25, 0.3) is 0 Å². The number of rotatable bonds is 2. The summed E-state index contributed by atoms with van der Waals surface area (Å²) in [6, 6.07) is 6.49. The van der Waals surface area contributed by atoms with E-state index in [0.29, 0.717) is 5.92 Å². The van der Waals surface area contributed by atoms with Crippen molar-refractivity contribution in [3.8, 4) is 0 Å². The molecule has 0 amide bonds. The maximum absolute atomic E-state index is 10.5. The third-order valence-corrected chi connectivity index (χ3v) is 2.52. The quantitative estimate of drug-likeness (QED) is 0.551. The maximum atomic E-state index is 10.5. The predicted octanol–water partition coefficient (Wildman–Crippen LogP) is 2.82. The third kappa shape index (κ3) is 1.83. The molecule has 0 bridgehead atoms. The third-order valence-electron chi connectivity index (χ3n) is 2.52. The molecule has 2 rings (SSSR count). The second kappa shape index (κ2) is 3.73. The summed E-state index contributed by atoms with van der Waals surface area (Å²) in [6.07, 6.45) is 3.65. The molecule has 4 nitrogen and oxygen atoms in total. The molecular formula is C11H11NO3. The molecule has 0 fully saturated rings. The van der Waals surface area contributed by atoms with Crippen LogP contribution < -0.4 is 0 Å². The topological polar surface area (TPSA) is 52.4 Å². The number of benzene rings is 1. The van der Waals surface area contributed by atoms with Crippen molar-refractivity contribution in [1.82, 2.24) is 0 Å². The van der Waals surface area contributed by atoms with E-state index in [1.54, 1.807) is 18.4 Å². The zero-order valence-corrected chi connectivity index (χ0v) is 8.29. The van der Waals surface area contributed by atoms with Crippen molar-refractivity contribution >= 4 is 5.69 Å². The van der Waals surface area contributed by atoms with E-state index >= 15 is 0 Å². The predicted molar refractivity (Wildman–Crippen MR) is 55.2 cm³/mol. The average Bonchev–Trinajstić information content (AvgIpc) is 2.65. The van der Waals surface area contributed by atoms with Gasteiger partial charge in [0.2, 0.25) is 0 Å². The summed E-state index contributed by atoms with van der Waals surface area (Å²) in [5, 5.41) is 10.5. The standard InChI is InChI=1S/C11H11NO3/c1-8-6-7-15-11(8)9-2-4-10(5-3-9)12(13)14/h2-8,11H,1H3/t8-,11-/m1/s1. The van der Waals surface area contributed by atoms with E-state index in [1.807, 2.05) is 6.08 Å². The summed E-state index contributed by atoms with van der Waals surface area (Å²) >= 11 is 0. The number of hydrogen-bond acceptors (Lipinski definition) is 3. The first-order valence-electron chi connectivity index (χ1n) is 4.75. The smallest absolute Gasteiger partial charge is 0.269 e. The SMILES string of the molecule is C[C@@H]1C=CO[C@H]1c1ccc([N+](=O)[O-])cc1. The van der Waals surface area contributed by atoms with Crippen LogP contribution in [0.4, 0.5) is 5.69 Å². The Bertz CT molecular complexity index is 397. The van der Waals surface area contributed by atoms with Crippen molar-refractivity contribution in [2.45, 2.75) is 13.0 Å². The summed E-state index contributed by atoms with van der Waals surface area (Å²) in [5.41, 5.74) is 1.08. The lowest BCUT2D eigenvalue weighted by molar-refractivity contribution is -0.384. The van der Waals surface area contributed by atoms with Gasteiger partial charge in [-0.1, -0.05) is 6.92 Å². The molecule has 1 aliphatic heterocycles. The lowest BCUT2D eigenvalue weighted by atomic mass is 9.99. The fourth-order valence-corrected chi connectivity index (χ4v) is 1.65. The molecule has 0 aromatic heterocycles. The number of ether oxygens (including phenoxy) is 1. The van der Waals surface area contributed by atoms with E-state index in [4.69, 9.17) is 4.74 Å². The average molecular weight is 205 g/mol. The molecule has 0 saturated carbocycles. The number of nitro groups is 1. The lowest BCUT2D eigenvalue weighted by Gasteiger charge is -2.14. The first kappa shape index (κ1) is 9.71. The molecule has 0 spiro atoms. The molecule has 0 radical (unpaired) electrons. The molecule has 1 aromatic carbocycles. The van der Waals surface area contributed by atoms with Gasteiger partial charge in [0, 0.05) is 18.1 Å². The Balaban J connectivity index is 2.20. The Morgan fingerprint density at radius 2 is 2.00 bits per heavy atom. The van der Waals surface area contributed by atoms with E-state index in [0.717, 1.165) is 5.56 Å². The molecular weight excluding hydrogens is 194 g/mol. The highest BCUT2D eigenvalue weighted by atomic mass is 16.6. The minimum atomic E-state index is -0.402. The largest absolute Gasteiger partial charge is 0.493 e. The Morgan fingerprint density at radius 1 is 1.33 bits per heavy atom. The van der Waals surface area contributed by atoms with E-state index in [9.17, 15) is 10.1 Å². The normalized spacial score (nSPS) is 23.8. The number of nitrogens with zero attached hydrogens (tertiary/aromatic N) is 1. The second-order valence-electron chi connectivity index (χ2n) is 3.59. The van der Waals surface area contributed by atoms with Crippen LogP contribution in [0.2, 0.25) is 0 Å². The Morgan fingerprint density at radius 3 is 2.47 bits per heavy atom. The van der Waals surface area contributed by atoms with Gasteiger partial charge in [0.15, 0.2) is 0 Å². The summed E-state index contributed by atoms with van der Waals surface area (Å²) in [6.45, 7) is 2.05. The van der Waals surface area contributed by atoms with Crippen LogP contribution in [0.5, 0.6) is 0 Å². The molecule has 0 N–H and O–H groups in total. The molecule has 2 atom stereocenters. The Labute approximate surface area is 87.3 Å². The fraction of sp³-hybridized carbons (Fsp3) is 0.273. The first-order valence-corrected chi connectivity index (χ1v) is 4.75. The van der Waals surface area contributed by atoms with Gasteiger partial charge in [0.1, 0.15) is 6.10 Å². The Kier molecular flexibility index (Phi) is 2.41. The highest BCUT2D eigenvalue weighted by Crippen LogP contribution is 2.32. The van der Waals surface area contributed by atoms with Gasteiger partial charge in [0.25, 0.3) is 5.69 Å². The van der Waals surface area contributed by atoms with Crippen molar-refractivity contribution in [1.29, 1.82) is 0 Å². The number of non-ortho nitro benzene ring substituents is 1. The molecule has 1 aliphatic rings. The summed E-state index contributed by atoms with van der Waals surface area (Å²) in [5.74, 6) is 0.312.